The first kappa shape index (κ1) is 9.73. The van der Waals surface area contributed by atoms with Gasteiger partial charge in [-0.25, -0.2) is 0 Å². The van der Waals surface area contributed by atoms with Crippen LogP contribution in [0.4, 0.5) is 0 Å². The molecule has 0 atom stereocenters. The van der Waals surface area contributed by atoms with Gasteiger partial charge in [-0.2, -0.15) is 0 Å². The number of hydrogen-bond acceptors (Lipinski definition) is 4. The molecule has 2 fully saturated rings. The molecule has 1 N–H and O–H groups in total. The second-order valence-corrected chi connectivity index (χ2v) is 5.48. The van der Waals surface area contributed by atoms with Crippen molar-refractivity contribution in [3.05, 3.63) is 11.1 Å². The van der Waals surface area contributed by atoms with E-state index in [-0.39, 0.29) is 0 Å². The summed E-state index contributed by atoms with van der Waals surface area (Å²) in [6.07, 6.45) is 5.89. The zero-order chi connectivity index (χ0) is 10.1. The number of aromatic nitrogens is 2. The van der Waals surface area contributed by atoms with Gasteiger partial charge >= 0.3 is 0 Å². The highest BCUT2D eigenvalue weighted by Crippen LogP contribution is 2.48. The summed E-state index contributed by atoms with van der Waals surface area (Å²) >= 11 is 1.43. The molecule has 0 saturated heterocycles. The van der Waals surface area contributed by atoms with Crippen molar-refractivity contribution in [3.8, 4) is 0 Å². The van der Waals surface area contributed by atoms with E-state index in [4.69, 9.17) is 0 Å². The van der Waals surface area contributed by atoms with Crippen molar-refractivity contribution in [2.75, 3.05) is 6.54 Å². The normalized spacial score (nSPS) is 21.1. The average Bonchev–Trinajstić information content (AvgIpc) is 3.15. The fraction of sp³-hybridized carbons (Fsp3) is 0.818. The molecule has 3 nitrogen and oxygen atoms in total. The summed E-state index contributed by atoms with van der Waals surface area (Å²) in [6, 6.07) is 0. The van der Waals surface area contributed by atoms with Gasteiger partial charge in [-0.05, 0) is 61.5 Å². The third-order valence-electron chi connectivity index (χ3n) is 3.55. The monoisotopic (exact) mass is 223 g/mol. The van der Waals surface area contributed by atoms with Crippen LogP contribution in [-0.4, -0.2) is 16.1 Å². The van der Waals surface area contributed by atoms with Crippen LogP contribution in [0, 0.1) is 17.8 Å². The molecule has 15 heavy (non-hydrogen) atoms. The quantitative estimate of drug-likeness (QED) is 0.802. The molecule has 0 aromatic carbocycles. The molecule has 1 aromatic rings. The van der Waals surface area contributed by atoms with E-state index in [0.29, 0.717) is 0 Å². The van der Waals surface area contributed by atoms with E-state index in [2.05, 4.69) is 14.9 Å². The largest absolute Gasteiger partial charge is 0.311 e. The Kier molecular flexibility index (Phi) is 2.71. The molecule has 0 amide bonds. The standard InChI is InChI=1S/C11H17N3S/c1-2-8(1)11(9-3-4-9)6-12-5-10-7-15-14-13-10/h7-9,11-12H,1-6H2. The minimum atomic E-state index is 0.895. The highest BCUT2D eigenvalue weighted by atomic mass is 32.1. The van der Waals surface area contributed by atoms with Crippen LogP contribution in [0.1, 0.15) is 31.4 Å². The fourth-order valence-corrected chi connectivity index (χ4v) is 2.85. The minimum Gasteiger partial charge on any atom is -0.311 e. The number of nitrogens with one attached hydrogen (secondary N) is 1. The molecule has 0 radical (unpaired) electrons. The topological polar surface area (TPSA) is 37.8 Å². The van der Waals surface area contributed by atoms with Gasteiger partial charge in [0.2, 0.25) is 0 Å². The Hall–Kier alpha value is -0.480. The maximum Gasteiger partial charge on any atom is 0.0893 e. The Balaban J connectivity index is 1.44. The summed E-state index contributed by atoms with van der Waals surface area (Å²) in [7, 11) is 0. The van der Waals surface area contributed by atoms with E-state index in [1.807, 2.05) is 5.38 Å². The Morgan fingerprint density at radius 1 is 1.33 bits per heavy atom. The molecule has 0 bridgehead atoms. The molecule has 3 rings (SSSR count). The van der Waals surface area contributed by atoms with Crippen LogP contribution < -0.4 is 5.32 Å². The SMILES string of the molecule is c1snnc1CNCC(C1CC1)C1CC1. The summed E-state index contributed by atoms with van der Waals surface area (Å²) in [5, 5.41) is 9.60. The molecule has 2 saturated carbocycles. The summed E-state index contributed by atoms with van der Waals surface area (Å²) < 4.78 is 3.87. The van der Waals surface area contributed by atoms with Crippen molar-refractivity contribution in [1.82, 2.24) is 14.9 Å². The number of hydrogen-bond donors (Lipinski definition) is 1. The van der Waals surface area contributed by atoms with Crippen LogP contribution in [0.5, 0.6) is 0 Å². The molecule has 0 aliphatic heterocycles. The van der Waals surface area contributed by atoms with E-state index in [1.165, 1.54) is 43.8 Å². The Morgan fingerprint density at radius 2 is 2.07 bits per heavy atom. The molecule has 2 aliphatic carbocycles. The van der Waals surface area contributed by atoms with Gasteiger partial charge in [-0.3, -0.25) is 0 Å². The first-order valence-corrected chi connectivity index (χ1v) is 6.74. The zero-order valence-electron chi connectivity index (χ0n) is 8.85. The van der Waals surface area contributed by atoms with Gasteiger partial charge in [-0.1, -0.05) is 4.49 Å². The smallest absolute Gasteiger partial charge is 0.0893 e. The van der Waals surface area contributed by atoms with Crippen molar-refractivity contribution in [1.29, 1.82) is 0 Å². The predicted octanol–water partition coefficient (Wildman–Crippen LogP) is 2.06. The molecular weight excluding hydrogens is 206 g/mol. The molecule has 1 aromatic heterocycles. The summed E-state index contributed by atoms with van der Waals surface area (Å²) in [5.74, 6) is 3.04. The maximum absolute atomic E-state index is 4.04. The second-order valence-electron chi connectivity index (χ2n) is 4.87. The lowest BCUT2D eigenvalue weighted by atomic mass is 9.98. The maximum atomic E-state index is 4.04. The van der Waals surface area contributed by atoms with Crippen molar-refractivity contribution in [3.63, 3.8) is 0 Å². The Labute approximate surface area is 94.4 Å². The average molecular weight is 223 g/mol. The van der Waals surface area contributed by atoms with Gasteiger partial charge in [0.1, 0.15) is 0 Å². The third-order valence-corrected chi connectivity index (χ3v) is 4.10. The lowest BCUT2D eigenvalue weighted by molar-refractivity contribution is 0.377. The van der Waals surface area contributed by atoms with Gasteiger partial charge in [0.05, 0.1) is 5.69 Å². The predicted molar refractivity (Wildman–Crippen MR) is 60.6 cm³/mol. The third kappa shape index (κ3) is 2.55. The zero-order valence-corrected chi connectivity index (χ0v) is 9.67. The lowest BCUT2D eigenvalue weighted by Gasteiger charge is -2.15. The van der Waals surface area contributed by atoms with Crippen LogP contribution in [0.25, 0.3) is 0 Å². The van der Waals surface area contributed by atoms with Gasteiger partial charge in [-0.15, -0.1) is 5.10 Å². The molecular formula is C11H17N3S. The molecule has 0 unspecified atom stereocenters. The van der Waals surface area contributed by atoms with Gasteiger partial charge in [0.15, 0.2) is 0 Å². The van der Waals surface area contributed by atoms with Crippen molar-refractivity contribution in [2.24, 2.45) is 17.8 Å². The summed E-state index contributed by atoms with van der Waals surface area (Å²) in [5.41, 5.74) is 1.09. The van der Waals surface area contributed by atoms with E-state index >= 15 is 0 Å². The summed E-state index contributed by atoms with van der Waals surface area (Å²) in [4.78, 5) is 0. The Morgan fingerprint density at radius 3 is 2.60 bits per heavy atom. The Bertz CT molecular complexity index is 292. The molecule has 1 heterocycles. The highest BCUT2D eigenvalue weighted by molar-refractivity contribution is 7.03. The van der Waals surface area contributed by atoms with Crippen LogP contribution >= 0.6 is 11.5 Å². The molecule has 82 valence electrons. The van der Waals surface area contributed by atoms with Crippen LogP contribution in [0.2, 0.25) is 0 Å². The number of rotatable bonds is 6. The van der Waals surface area contributed by atoms with Crippen molar-refractivity contribution >= 4 is 11.5 Å². The van der Waals surface area contributed by atoms with Gasteiger partial charge < -0.3 is 5.32 Å². The molecule has 0 spiro atoms. The fourth-order valence-electron chi connectivity index (χ4n) is 2.39. The first-order chi connectivity index (χ1) is 7.43. The van der Waals surface area contributed by atoms with Crippen LogP contribution in [-0.2, 0) is 6.54 Å². The molecule has 4 heteroatoms. The van der Waals surface area contributed by atoms with Crippen molar-refractivity contribution < 1.29 is 0 Å². The van der Waals surface area contributed by atoms with Crippen molar-refractivity contribution in [2.45, 2.75) is 32.2 Å². The van der Waals surface area contributed by atoms with Gasteiger partial charge in [0.25, 0.3) is 0 Å². The minimum absolute atomic E-state index is 0.895. The molecule has 2 aliphatic rings. The van der Waals surface area contributed by atoms with E-state index < -0.39 is 0 Å². The van der Waals surface area contributed by atoms with E-state index in [0.717, 1.165) is 30.0 Å². The number of nitrogens with zero attached hydrogens (tertiary/aromatic N) is 2. The van der Waals surface area contributed by atoms with Gasteiger partial charge in [0, 0.05) is 11.9 Å². The van der Waals surface area contributed by atoms with E-state index in [9.17, 15) is 0 Å². The van der Waals surface area contributed by atoms with Crippen LogP contribution in [0.15, 0.2) is 5.38 Å². The highest BCUT2D eigenvalue weighted by Gasteiger charge is 2.40. The lowest BCUT2D eigenvalue weighted by Crippen LogP contribution is -2.25. The summed E-state index contributed by atoms with van der Waals surface area (Å²) in [6.45, 7) is 2.08. The van der Waals surface area contributed by atoms with Crippen LogP contribution in [0.3, 0.4) is 0 Å². The second kappa shape index (κ2) is 4.18. The van der Waals surface area contributed by atoms with E-state index in [1.54, 1.807) is 0 Å². The first-order valence-electron chi connectivity index (χ1n) is 5.90.